The molecule has 11 heteroatoms. The molecule has 1 aliphatic heterocycles. The summed E-state index contributed by atoms with van der Waals surface area (Å²) >= 11 is 0. The van der Waals surface area contributed by atoms with Crippen LogP contribution in [0.1, 0.15) is 38.1 Å². The van der Waals surface area contributed by atoms with Crippen LogP contribution in [-0.2, 0) is 20.7 Å². The number of alkyl carbamates (subject to hydrolysis) is 1. The molecule has 3 rings (SSSR count). The summed E-state index contributed by atoms with van der Waals surface area (Å²) in [5.41, 5.74) is 1.09. The second kappa shape index (κ2) is 7.60. The lowest BCUT2D eigenvalue weighted by Gasteiger charge is -2.21. The first-order valence-electron chi connectivity index (χ1n) is 8.69. The first-order valence-corrected chi connectivity index (χ1v) is 8.69. The lowest BCUT2D eigenvalue weighted by molar-refractivity contribution is -0.139. The number of rotatable bonds is 5. The molecule has 0 fully saturated rings. The molecule has 1 unspecified atom stereocenters. The number of aromatic nitrogens is 3. The number of hydrogen-bond donors (Lipinski definition) is 3. The second-order valence-corrected chi connectivity index (χ2v) is 7.40. The third-order valence-corrected chi connectivity index (χ3v) is 3.99. The Morgan fingerprint density at radius 1 is 1.39 bits per heavy atom. The summed E-state index contributed by atoms with van der Waals surface area (Å²) in [5, 5.41) is 29.6. The number of ether oxygens (including phenoxy) is 1. The van der Waals surface area contributed by atoms with Gasteiger partial charge in [-0.05, 0) is 31.8 Å². The maximum Gasteiger partial charge on any atom is 0.492 e. The maximum atomic E-state index is 11.9. The molecule has 3 N–H and O–H groups in total. The molecule has 2 aromatic rings. The van der Waals surface area contributed by atoms with Crippen LogP contribution in [0, 0.1) is 0 Å². The third kappa shape index (κ3) is 4.49. The van der Waals surface area contributed by atoms with Gasteiger partial charge in [-0.3, -0.25) is 0 Å². The quantitative estimate of drug-likeness (QED) is 0.612. The molecule has 10 nitrogen and oxygen atoms in total. The van der Waals surface area contributed by atoms with Crippen LogP contribution in [0.3, 0.4) is 0 Å². The highest BCUT2D eigenvalue weighted by molar-refractivity contribution is 6.61. The Morgan fingerprint density at radius 2 is 2.11 bits per heavy atom. The summed E-state index contributed by atoms with van der Waals surface area (Å²) in [5.74, 6) is -1.24. The van der Waals surface area contributed by atoms with Gasteiger partial charge in [0.25, 0.3) is 0 Å². The van der Waals surface area contributed by atoms with E-state index in [4.69, 9.17) is 9.39 Å². The van der Waals surface area contributed by atoms with E-state index in [9.17, 15) is 19.7 Å². The van der Waals surface area contributed by atoms with Crippen molar-refractivity contribution in [2.45, 2.75) is 45.1 Å². The number of carbonyl (C=O) groups is 2. The minimum Gasteiger partial charge on any atom is -0.480 e. The lowest BCUT2D eigenvalue weighted by Crippen LogP contribution is -2.45. The molecule has 0 saturated carbocycles. The fourth-order valence-electron chi connectivity index (χ4n) is 2.82. The molecular weight excluding hydrogens is 367 g/mol. The van der Waals surface area contributed by atoms with E-state index in [1.807, 2.05) is 12.1 Å². The SMILES string of the molecule is CC(C)(C)OC(=O)N[C@@H](Cn1cc(C2OB(O)c3ccccc32)nn1)C(=O)O. The predicted molar refractivity (Wildman–Crippen MR) is 97.8 cm³/mol. The summed E-state index contributed by atoms with van der Waals surface area (Å²) in [7, 11) is -1.06. The molecule has 0 bridgehead atoms. The van der Waals surface area contributed by atoms with Crippen LogP contribution in [0.4, 0.5) is 4.79 Å². The molecule has 2 atom stereocenters. The van der Waals surface area contributed by atoms with Crippen molar-refractivity contribution in [3.05, 3.63) is 41.7 Å². The van der Waals surface area contributed by atoms with Gasteiger partial charge in [-0.25, -0.2) is 14.3 Å². The van der Waals surface area contributed by atoms with E-state index in [-0.39, 0.29) is 6.54 Å². The average molecular weight is 388 g/mol. The highest BCUT2D eigenvalue weighted by atomic mass is 16.6. The topological polar surface area (TPSA) is 136 Å². The zero-order valence-electron chi connectivity index (χ0n) is 15.7. The van der Waals surface area contributed by atoms with E-state index >= 15 is 0 Å². The van der Waals surface area contributed by atoms with Gasteiger partial charge in [-0.2, -0.15) is 0 Å². The number of hydrogen-bond acceptors (Lipinski definition) is 7. The summed E-state index contributed by atoms with van der Waals surface area (Å²) in [6.07, 6.45) is 0.0742. The number of carboxylic acid groups (broad SMARTS) is 1. The minimum absolute atomic E-state index is 0.154. The third-order valence-electron chi connectivity index (χ3n) is 3.99. The molecule has 0 saturated heterocycles. The van der Waals surface area contributed by atoms with Crippen LogP contribution >= 0.6 is 0 Å². The molecular formula is C17H21BN4O6. The fraction of sp³-hybridized carbons (Fsp3) is 0.412. The van der Waals surface area contributed by atoms with E-state index in [2.05, 4.69) is 15.6 Å². The fourth-order valence-corrected chi connectivity index (χ4v) is 2.82. The smallest absolute Gasteiger partial charge is 0.480 e. The number of carboxylic acids is 1. The average Bonchev–Trinajstić information content (AvgIpc) is 3.17. The van der Waals surface area contributed by atoms with E-state index in [0.29, 0.717) is 11.2 Å². The normalized spacial score (nSPS) is 17.1. The first kappa shape index (κ1) is 19.8. The van der Waals surface area contributed by atoms with E-state index in [0.717, 1.165) is 5.56 Å². The molecule has 0 radical (unpaired) electrons. The number of nitrogens with zero attached hydrogens (tertiary/aromatic N) is 3. The van der Waals surface area contributed by atoms with Gasteiger partial charge in [0.15, 0.2) is 0 Å². The standard InChI is InChI=1S/C17H21BN4O6/c1-17(2,3)27-16(25)19-13(15(23)24)9-22-8-12(20-21-22)14-10-6-4-5-7-11(10)18(26)28-14/h4-8,13-14,26H,9H2,1-3H3,(H,19,25)(H,23,24)/t13-,14?/m0/s1. The largest absolute Gasteiger partial charge is 0.492 e. The summed E-state index contributed by atoms with van der Waals surface area (Å²) in [6.45, 7) is 4.89. The Morgan fingerprint density at radius 3 is 2.79 bits per heavy atom. The highest BCUT2D eigenvalue weighted by Crippen LogP contribution is 2.28. The first-order chi connectivity index (χ1) is 13.1. The Kier molecular flexibility index (Phi) is 5.39. The van der Waals surface area contributed by atoms with Gasteiger partial charge in [0.2, 0.25) is 0 Å². The van der Waals surface area contributed by atoms with Gasteiger partial charge in [-0.15, -0.1) is 5.10 Å². The number of aliphatic carboxylic acids is 1. The molecule has 1 aromatic heterocycles. The van der Waals surface area contributed by atoms with Gasteiger partial charge < -0.3 is 24.8 Å². The monoisotopic (exact) mass is 388 g/mol. The molecule has 1 amide bonds. The molecule has 0 spiro atoms. The van der Waals surface area contributed by atoms with Crippen LogP contribution < -0.4 is 10.8 Å². The van der Waals surface area contributed by atoms with Gasteiger partial charge in [0, 0.05) is 0 Å². The van der Waals surface area contributed by atoms with Crippen molar-refractivity contribution in [2.75, 3.05) is 0 Å². The van der Waals surface area contributed by atoms with Gasteiger partial charge in [-0.1, -0.05) is 29.5 Å². The van der Waals surface area contributed by atoms with Crippen LogP contribution in [0.2, 0.25) is 0 Å². The molecule has 1 aliphatic rings. The van der Waals surface area contributed by atoms with Gasteiger partial charge in [0.05, 0.1) is 12.7 Å². The van der Waals surface area contributed by atoms with Crippen LogP contribution in [-0.4, -0.2) is 55.9 Å². The number of carbonyl (C=O) groups excluding carboxylic acids is 1. The minimum atomic E-state index is -1.26. The van der Waals surface area contributed by atoms with Crippen molar-refractivity contribution in [3.63, 3.8) is 0 Å². The van der Waals surface area contributed by atoms with Gasteiger partial charge in [0.1, 0.15) is 23.4 Å². The molecule has 2 heterocycles. The van der Waals surface area contributed by atoms with Crippen LogP contribution in [0.25, 0.3) is 0 Å². The van der Waals surface area contributed by atoms with Crippen molar-refractivity contribution in [1.82, 2.24) is 20.3 Å². The molecule has 148 valence electrons. The zero-order valence-corrected chi connectivity index (χ0v) is 15.7. The maximum absolute atomic E-state index is 11.9. The molecule has 1 aromatic carbocycles. The Bertz CT molecular complexity index is 881. The summed E-state index contributed by atoms with van der Waals surface area (Å²) in [6, 6.07) is 5.94. The predicted octanol–water partition coefficient (Wildman–Crippen LogP) is 0.0631. The summed E-state index contributed by atoms with van der Waals surface area (Å²) in [4.78, 5) is 23.3. The van der Waals surface area contributed by atoms with Crippen molar-refractivity contribution < 1.29 is 29.1 Å². The zero-order chi connectivity index (χ0) is 20.5. The van der Waals surface area contributed by atoms with Gasteiger partial charge >= 0.3 is 19.2 Å². The van der Waals surface area contributed by atoms with Crippen LogP contribution in [0.15, 0.2) is 30.5 Å². The second-order valence-electron chi connectivity index (χ2n) is 7.40. The molecule has 28 heavy (non-hydrogen) atoms. The molecule has 0 aliphatic carbocycles. The number of fused-ring (bicyclic) bond motifs is 1. The van der Waals surface area contributed by atoms with Crippen molar-refractivity contribution in [2.24, 2.45) is 0 Å². The van der Waals surface area contributed by atoms with Crippen molar-refractivity contribution >= 4 is 24.6 Å². The Hall–Kier alpha value is -2.92. The van der Waals surface area contributed by atoms with Crippen molar-refractivity contribution in [1.29, 1.82) is 0 Å². The number of nitrogens with one attached hydrogen (secondary N) is 1. The Labute approximate surface area is 161 Å². The van der Waals surface area contributed by atoms with Crippen molar-refractivity contribution in [3.8, 4) is 0 Å². The van der Waals surface area contributed by atoms with E-state index in [1.54, 1.807) is 32.9 Å². The van der Waals surface area contributed by atoms with Crippen LogP contribution in [0.5, 0.6) is 0 Å². The lowest BCUT2D eigenvalue weighted by atomic mass is 9.79. The Balaban J connectivity index is 1.71. The summed E-state index contributed by atoms with van der Waals surface area (Å²) < 4.78 is 11.9. The highest BCUT2D eigenvalue weighted by Gasteiger charge is 2.37. The number of benzene rings is 1. The number of amides is 1. The van der Waals surface area contributed by atoms with E-state index in [1.165, 1.54) is 10.9 Å². The van der Waals surface area contributed by atoms with E-state index < -0.39 is 36.9 Å².